The monoisotopic (exact) mass is 468 g/mol. The number of aromatic nitrogens is 3. The number of rotatable bonds is 6. The van der Waals surface area contributed by atoms with Crippen molar-refractivity contribution in [3.63, 3.8) is 0 Å². The van der Waals surface area contributed by atoms with E-state index in [-0.39, 0.29) is 28.3 Å². The average Bonchev–Trinajstić information content (AvgIpc) is 2.81. The highest BCUT2D eigenvalue weighted by Gasteiger charge is 2.17. The predicted molar refractivity (Wildman–Crippen MR) is 122 cm³/mol. The van der Waals surface area contributed by atoms with Crippen molar-refractivity contribution >= 4 is 34.2 Å². The Kier molecular flexibility index (Phi) is 6.23. The van der Waals surface area contributed by atoms with Gasteiger partial charge in [0.1, 0.15) is 23.8 Å². The molecule has 0 unspecified atom stereocenters. The molecule has 168 valence electrons. The second kappa shape index (κ2) is 9.25. The second-order valence-electron chi connectivity index (χ2n) is 7.16. The highest BCUT2D eigenvalue weighted by atomic mass is 35.5. The van der Waals surface area contributed by atoms with E-state index in [4.69, 9.17) is 16.3 Å². The summed E-state index contributed by atoms with van der Waals surface area (Å²) < 4.78 is 21.3. The summed E-state index contributed by atoms with van der Waals surface area (Å²) in [6.07, 6.45) is 1.42. The lowest BCUT2D eigenvalue weighted by Gasteiger charge is -2.14. The number of methoxy groups -OCH3 is 1. The zero-order valence-corrected chi connectivity index (χ0v) is 18.2. The van der Waals surface area contributed by atoms with Gasteiger partial charge in [0.2, 0.25) is 5.91 Å². The van der Waals surface area contributed by atoms with Crippen LogP contribution >= 0.6 is 11.6 Å². The van der Waals surface area contributed by atoms with Gasteiger partial charge >= 0.3 is 5.69 Å². The standard InChI is InChI=1S/C23H18ClFN4O4/c1-33-16-7-4-14(5-8-16)12-29-22(31)17-3-2-10-26-21(17)28(23(29)32)13-20(30)27-19-9-6-15(24)11-18(19)25/h2-11H,12-13H2,1H3,(H,27,30). The SMILES string of the molecule is COc1ccc(Cn2c(=O)c3cccnc3n(CC(=O)Nc3ccc(Cl)cc3F)c2=O)cc1. The van der Waals surface area contributed by atoms with Gasteiger partial charge in [-0.1, -0.05) is 23.7 Å². The molecule has 0 fully saturated rings. The fourth-order valence-electron chi connectivity index (χ4n) is 3.37. The third-order valence-corrected chi connectivity index (χ3v) is 5.22. The van der Waals surface area contributed by atoms with Gasteiger partial charge in [0.15, 0.2) is 0 Å². The number of carbonyl (C=O) groups excluding carboxylic acids is 1. The lowest BCUT2D eigenvalue weighted by molar-refractivity contribution is -0.116. The zero-order valence-electron chi connectivity index (χ0n) is 17.4. The van der Waals surface area contributed by atoms with E-state index in [9.17, 15) is 18.8 Å². The number of fused-ring (bicyclic) bond motifs is 1. The van der Waals surface area contributed by atoms with Crippen molar-refractivity contribution in [1.82, 2.24) is 14.1 Å². The molecule has 1 amide bonds. The molecule has 0 radical (unpaired) electrons. The lowest BCUT2D eigenvalue weighted by Crippen LogP contribution is -2.42. The van der Waals surface area contributed by atoms with E-state index < -0.39 is 29.5 Å². The molecule has 0 aliphatic rings. The Balaban J connectivity index is 1.73. The average molecular weight is 469 g/mol. The second-order valence-corrected chi connectivity index (χ2v) is 7.59. The Morgan fingerprint density at radius 3 is 2.58 bits per heavy atom. The van der Waals surface area contributed by atoms with Crippen LogP contribution in [0.15, 0.2) is 70.4 Å². The van der Waals surface area contributed by atoms with Crippen molar-refractivity contribution < 1.29 is 13.9 Å². The molecule has 2 aromatic carbocycles. The first-order valence-electron chi connectivity index (χ1n) is 9.83. The van der Waals surface area contributed by atoms with Gasteiger partial charge in [0, 0.05) is 11.2 Å². The van der Waals surface area contributed by atoms with E-state index in [0.29, 0.717) is 11.3 Å². The summed E-state index contributed by atoms with van der Waals surface area (Å²) in [5.74, 6) is -0.743. The largest absolute Gasteiger partial charge is 0.497 e. The molecule has 0 saturated heterocycles. The van der Waals surface area contributed by atoms with E-state index in [1.165, 1.54) is 31.5 Å². The Bertz CT molecular complexity index is 1460. The molecule has 8 nitrogen and oxygen atoms in total. The third-order valence-electron chi connectivity index (χ3n) is 4.99. The molecule has 2 heterocycles. The van der Waals surface area contributed by atoms with Gasteiger partial charge < -0.3 is 10.1 Å². The highest BCUT2D eigenvalue weighted by molar-refractivity contribution is 6.30. The minimum atomic E-state index is -0.714. The van der Waals surface area contributed by atoms with Crippen molar-refractivity contribution in [2.75, 3.05) is 12.4 Å². The molecule has 4 aromatic rings. The number of carbonyl (C=O) groups is 1. The highest BCUT2D eigenvalue weighted by Crippen LogP contribution is 2.19. The molecule has 0 spiro atoms. The molecule has 4 rings (SSSR count). The molecule has 0 aliphatic heterocycles. The van der Waals surface area contributed by atoms with Crippen LogP contribution in [0.1, 0.15) is 5.56 Å². The van der Waals surface area contributed by atoms with Crippen molar-refractivity contribution in [2.24, 2.45) is 0 Å². The molecule has 0 atom stereocenters. The molecule has 0 saturated carbocycles. The maximum absolute atomic E-state index is 14.1. The van der Waals surface area contributed by atoms with Gasteiger partial charge in [-0.25, -0.2) is 14.2 Å². The normalized spacial score (nSPS) is 10.9. The Morgan fingerprint density at radius 2 is 1.88 bits per heavy atom. The van der Waals surface area contributed by atoms with Crippen LogP contribution < -0.4 is 21.3 Å². The molecular formula is C23H18ClFN4O4. The van der Waals surface area contributed by atoms with Gasteiger partial charge in [-0.05, 0) is 48.0 Å². The first kappa shape index (κ1) is 22.2. The lowest BCUT2D eigenvalue weighted by atomic mass is 10.2. The number of nitrogens with one attached hydrogen (secondary N) is 1. The zero-order chi connectivity index (χ0) is 23.5. The Hall–Kier alpha value is -3.98. The maximum atomic E-state index is 14.1. The fraction of sp³-hybridized carbons (Fsp3) is 0.130. The van der Waals surface area contributed by atoms with Crippen molar-refractivity contribution in [2.45, 2.75) is 13.1 Å². The third kappa shape index (κ3) is 4.63. The van der Waals surface area contributed by atoms with E-state index in [1.54, 1.807) is 30.3 Å². The topological polar surface area (TPSA) is 95.2 Å². The number of ether oxygens (including phenoxy) is 1. The van der Waals surface area contributed by atoms with E-state index in [1.807, 2.05) is 0 Å². The van der Waals surface area contributed by atoms with Crippen molar-refractivity contribution in [3.8, 4) is 5.75 Å². The van der Waals surface area contributed by atoms with E-state index in [2.05, 4.69) is 10.3 Å². The van der Waals surface area contributed by atoms with Crippen LogP contribution in [-0.2, 0) is 17.9 Å². The van der Waals surface area contributed by atoms with Crippen LogP contribution in [0.25, 0.3) is 11.0 Å². The Labute approximate surface area is 191 Å². The Morgan fingerprint density at radius 1 is 1.12 bits per heavy atom. The predicted octanol–water partition coefficient (Wildman–Crippen LogP) is 3.05. The number of anilines is 1. The van der Waals surface area contributed by atoms with Crippen LogP contribution in [0, 0.1) is 5.82 Å². The van der Waals surface area contributed by atoms with Crippen LogP contribution in [0.3, 0.4) is 0 Å². The molecular weight excluding hydrogens is 451 g/mol. The molecule has 1 N–H and O–H groups in total. The number of hydrogen-bond acceptors (Lipinski definition) is 5. The van der Waals surface area contributed by atoms with Gasteiger partial charge in [-0.3, -0.25) is 18.7 Å². The number of pyridine rings is 1. The van der Waals surface area contributed by atoms with Crippen molar-refractivity contribution in [3.05, 3.63) is 98.0 Å². The van der Waals surface area contributed by atoms with Crippen molar-refractivity contribution in [1.29, 1.82) is 0 Å². The van der Waals surface area contributed by atoms with Gasteiger partial charge in [-0.2, -0.15) is 0 Å². The summed E-state index contributed by atoms with van der Waals surface area (Å²) in [6, 6.07) is 13.8. The van der Waals surface area contributed by atoms with E-state index in [0.717, 1.165) is 15.2 Å². The number of hydrogen-bond donors (Lipinski definition) is 1. The smallest absolute Gasteiger partial charge is 0.333 e. The fourth-order valence-corrected chi connectivity index (χ4v) is 3.53. The number of nitrogens with zero attached hydrogens (tertiary/aromatic N) is 3. The van der Waals surface area contributed by atoms with Crippen LogP contribution in [-0.4, -0.2) is 27.1 Å². The molecule has 10 heteroatoms. The van der Waals surface area contributed by atoms with Crippen LogP contribution in [0.4, 0.5) is 10.1 Å². The molecule has 0 bridgehead atoms. The van der Waals surface area contributed by atoms with Crippen LogP contribution in [0.5, 0.6) is 5.75 Å². The summed E-state index contributed by atoms with van der Waals surface area (Å²) in [7, 11) is 1.54. The minimum absolute atomic E-state index is 0.0140. The number of amides is 1. The van der Waals surface area contributed by atoms with Gasteiger partial charge in [0.25, 0.3) is 5.56 Å². The van der Waals surface area contributed by atoms with E-state index >= 15 is 0 Å². The summed E-state index contributed by atoms with van der Waals surface area (Å²) in [5, 5.41) is 2.77. The molecule has 33 heavy (non-hydrogen) atoms. The first-order valence-corrected chi connectivity index (χ1v) is 10.2. The number of benzene rings is 2. The summed E-state index contributed by atoms with van der Waals surface area (Å²) in [5.41, 5.74) is -0.572. The molecule has 2 aromatic heterocycles. The van der Waals surface area contributed by atoms with Gasteiger partial charge in [0.05, 0.1) is 24.7 Å². The maximum Gasteiger partial charge on any atom is 0.333 e. The quantitative estimate of drug-likeness (QED) is 0.469. The summed E-state index contributed by atoms with van der Waals surface area (Å²) in [4.78, 5) is 43.0. The summed E-state index contributed by atoms with van der Waals surface area (Å²) >= 11 is 5.74. The van der Waals surface area contributed by atoms with Crippen LogP contribution in [0.2, 0.25) is 5.02 Å². The first-order chi connectivity index (χ1) is 15.9. The molecule has 0 aliphatic carbocycles. The summed E-state index contributed by atoms with van der Waals surface area (Å²) in [6.45, 7) is -0.489. The van der Waals surface area contributed by atoms with Gasteiger partial charge in [-0.15, -0.1) is 0 Å². The minimum Gasteiger partial charge on any atom is -0.497 e. The number of halogens is 2.